The lowest BCUT2D eigenvalue weighted by Gasteiger charge is -2.42. The third kappa shape index (κ3) is 9.37. The van der Waals surface area contributed by atoms with Gasteiger partial charge in [-0.2, -0.15) is 0 Å². The number of esters is 1. The first-order valence-electron chi connectivity index (χ1n) is 10.8. The van der Waals surface area contributed by atoms with Crippen LogP contribution in [0.2, 0.25) is 0 Å². The zero-order valence-electron chi connectivity index (χ0n) is 17.7. The van der Waals surface area contributed by atoms with Gasteiger partial charge in [0.05, 0.1) is 25.7 Å². The largest absolute Gasteiger partial charge is 0.466 e. The van der Waals surface area contributed by atoms with Gasteiger partial charge in [-0.05, 0) is 26.2 Å². The van der Waals surface area contributed by atoms with Crippen LogP contribution in [0.3, 0.4) is 0 Å². The molecular weight excluding hydrogens is 348 g/mol. The maximum absolute atomic E-state index is 12.0. The van der Waals surface area contributed by atoms with Crippen LogP contribution in [0.25, 0.3) is 0 Å². The molecule has 0 N–H and O–H groups in total. The summed E-state index contributed by atoms with van der Waals surface area (Å²) in [5, 5.41) is 0. The molecule has 0 aromatic rings. The molecule has 27 heavy (non-hydrogen) atoms. The van der Waals surface area contributed by atoms with Gasteiger partial charge in [-0.1, -0.05) is 40.0 Å². The number of carbonyl (C=O) groups is 1. The lowest BCUT2D eigenvalue weighted by molar-refractivity contribution is -0.232. The van der Waals surface area contributed by atoms with Crippen molar-refractivity contribution in [3.05, 3.63) is 0 Å². The lowest BCUT2D eigenvalue weighted by Crippen LogP contribution is -2.57. The van der Waals surface area contributed by atoms with E-state index in [9.17, 15) is 4.79 Å². The van der Waals surface area contributed by atoms with Gasteiger partial charge in [-0.3, -0.25) is 4.79 Å². The van der Waals surface area contributed by atoms with Crippen LogP contribution in [-0.4, -0.2) is 63.4 Å². The summed E-state index contributed by atoms with van der Waals surface area (Å²) in [6.07, 6.45) is 5.26. The minimum Gasteiger partial charge on any atom is -0.466 e. The molecule has 1 aliphatic rings. The van der Waals surface area contributed by atoms with Crippen LogP contribution in [0.15, 0.2) is 0 Å². The maximum atomic E-state index is 12.0. The summed E-state index contributed by atoms with van der Waals surface area (Å²) < 4.78 is 29.5. The average molecular weight is 389 g/mol. The Balaban J connectivity index is 2.83. The van der Waals surface area contributed by atoms with E-state index in [1.165, 1.54) is 0 Å². The Hall–Kier alpha value is -0.690. The molecule has 1 fully saturated rings. The first kappa shape index (κ1) is 24.3. The van der Waals surface area contributed by atoms with Crippen LogP contribution >= 0.6 is 0 Å². The van der Waals surface area contributed by atoms with E-state index in [4.69, 9.17) is 23.7 Å². The predicted octanol–water partition coefficient (Wildman–Crippen LogP) is 3.89. The molecule has 0 radical (unpaired) electrons. The molecule has 1 unspecified atom stereocenters. The fourth-order valence-electron chi connectivity index (χ4n) is 3.04. The Morgan fingerprint density at radius 1 is 0.852 bits per heavy atom. The number of hydrogen-bond acceptors (Lipinski definition) is 6. The van der Waals surface area contributed by atoms with Gasteiger partial charge in [0.2, 0.25) is 0 Å². The highest BCUT2D eigenvalue weighted by Crippen LogP contribution is 2.26. The zero-order valence-corrected chi connectivity index (χ0v) is 17.7. The highest BCUT2D eigenvalue weighted by Gasteiger charge is 2.43. The first-order chi connectivity index (χ1) is 13.2. The normalized spacial score (nSPS) is 25.5. The standard InChI is InChI=1S/C21H40O6/c1-5-9-12-24-18-16-27-17(15-19(22)23-8-4)20(25-13-10-6-2)21(18)26-14-11-7-3/h17-18,20-21H,5-16H2,1-4H3/t17?,18-,20+,21+/m1/s1. The molecule has 1 saturated heterocycles. The fourth-order valence-corrected chi connectivity index (χ4v) is 3.04. The SMILES string of the molecule is CCCCO[C@H]1[C@H](OCCCC)COC(CC(=O)OCC)[C@@H]1OCCCC. The van der Waals surface area contributed by atoms with E-state index in [2.05, 4.69) is 20.8 Å². The van der Waals surface area contributed by atoms with E-state index >= 15 is 0 Å². The van der Waals surface area contributed by atoms with E-state index in [-0.39, 0.29) is 36.8 Å². The second kappa shape index (κ2) is 15.3. The van der Waals surface area contributed by atoms with Crippen LogP contribution in [0.4, 0.5) is 0 Å². The summed E-state index contributed by atoms with van der Waals surface area (Å²) >= 11 is 0. The second-order valence-electron chi connectivity index (χ2n) is 7.02. The highest BCUT2D eigenvalue weighted by atomic mass is 16.6. The summed E-state index contributed by atoms with van der Waals surface area (Å²) in [4.78, 5) is 12.0. The van der Waals surface area contributed by atoms with Gasteiger partial charge in [0.15, 0.2) is 0 Å². The molecular formula is C21H40O6. The van der Waals surface area contributed by atoms with Gasteiger partial charge >= 0.3 is 5.97 Å². The Morgan fingerprint density at radius 2 is 1.41 bits per heavy atom. The minimum atomic E-state index is -0.362. The van der Waals surface area contributed by atoms with Crippen molar-refractivity contribution in [2.45, 2.75) is 97.1 Å². The third-order valence-corrected chi connectivity index (χ3v) is 4.65. The highest BCUT2D eigenvalue weighted by molar-refractivity contribution is 5.70. The molecule has 0 aromatic carbocycles. The molecule has 1 heterocycles. The van der Waals surface area contributed by atoms with Crippen LogP contribution < -0.4 is 0 Å². The Morgan fingerprint density at radius 3 is 1.96 bits per heavy atom. The van der Waals surface area contributed by atoms with E-state index in [1.54, 1.807) is 0 Å². The number of hydrogen-bond donors (Lipinski definition) is 0. The molecule has 6 nitrogen and oxygen atoms in total. The summed E-state index contributed by atoms with van der Waals surface area (Å²) in [7, 11) is 0. The van der Waals surface area contributed by atoms with E-state index in [0.29, 0.717) is 33.0 Å². The number of rotatable bonds is 15. The van der Waals surface area contributed by atoms with E-state index in [0.717, 1.165) is 38.5 Å². The fraction of sp³-hybridized carbons (Fsp3) is 0.952. The van der Waals surface area contributed by atoms with Gasteiger partial charge < -0.3 is 23.7 Å². The monoisotopic (exact) mass is 388 g/mol. The summed E-state index contributed by atoms with van der Waals surface area (Å²) in [5.74, 6) is -0.260. The predicted molar refractivity (Wildman–Crippen MR) is 105 cm³/mol. The van der Waals surface area contributed by atoms with Crippen molar-refractivity contribution in [3.8, 4) is 0 Å². The maximum Gasteiger partial charge on any atom is 0.308 e. The molecule has 0 spiro atoms. The van der Waals surface area contributed by atoms with Crippen molar-refractivity contribution in [2.24, 2.45) is 0 Å². The molecule has 1 rings (SSSR count). The van der Waals surface area contributed by atoms with Gasteiger partial charge in [0, 0.05) is 19.8 Å². The van der Waals surface area contributed by atoms with E-state index in [1.807, 2.05) is 6.92 Å². The number of unbranched alkanes of at least 4 members (excludes halogenated alkanes) is 3. The van der Waals surface area contributed by atoms with Crippen LogP contribution in [0, 0.1) is 0 Å². The average Bonchev–Trinajstić information content (AvgIpc) is 2.65. The first-order valence-corrected chi connectivity index (χ1v) is 10.8. The Bertz CT molecular complexity index is 376. The van der Waals surface area contributed by atoms with Gasteiger partial charge in [-0.25, -0.2) is 0 Å². The van der Waals surface area contributed by atoms with Crippen molar-refractivity contribution in [1.82, 2.24) is 0 Å². The topological polar surface area (TPSA) is 63.2 Å². The van der Waals surface area contributed by atoms with Gasteiger partial charge in [0.25, 0.3) is 0 Å². The van der Waals surface area contributed by atoms with Crippen LogP contribution in [-0.2, 0) is 28.5 Å². The van der Waals surface area contributed by atoms with Crippen LogP contribution in [0.1, 0.15) is 72.6 Å². The quantitative estimate of drug-likeness (QED) is 0.313. The molecule has 0 amide bonds. The van der Waals surface area contributed by atoms with E-state index < -0.39 is 0 Å². The number of carbonyl (C=O) groups excluding carboxylic acids is 1. The summed E-state index contributed by atoms with van der Waals surface area (Å²) in [6, 6.07) is 0. The third-order valence-electron chi connectivity index (χ3n) is 4.65. The van der Waals surface area contributed by atoms with Crippen molar-refractivity contribution in [2.75, 3.05) is 33.0 Å². The molecule has 0 saturated carbocycles. The Labute approximate surface area is 165 Å². The smallest absolute Gasteiger partial charge is 0.308 e. The lowest BCUT2D eigenvalue weighted by atomic mass is 9.97. The van der Waals surface area contributed by atoms with Crippen molar-refractivity contribution >= 4 is 5.97 Å². The molecule has 1 aliphatic heterocycles. The van der Waals surface area contributed by atoms with Crippen molar-refractivity contribution in [1.29, 1.82) is 0 Å². The minimum absolute atomic E-state index is 0.168. The molecule has 0 bridgehead atoms. The molecule has 0 aliphatic carbocycles. The zero-order chi connectivity index (χ0) is 19.9. The molecule has 160 valence electrons. The van der Waals surface area contributed by atoms with Crippen LogP contribution in [0.5, 0.6) is 0 Å². The number of ether oxygens (including phenoxy) is 5. The molecule has 4 atom stereocenters. The molecule has 0 aromatic heterocycles. The summed E-state index contributed by atoms with van der Waals surface area (Å²) in [5.41, 5.74) is 0. The van der Waals surface area contributed by atoms with Crippen molar-refractivity contribution < 1.29 is 28.5 Å². The van der Waals surface area contributed by atoms with Crippen molar-refractivity contribution in [3.63, 3.8) is 0 Å². The van der Waals surface area contributed by atoms with Gasteiger partial charge in [0.1, 0.15) is 18.3 Å². The molecule has 6 heteroatoms. The second-order valence-corrected chi connectivity index (χ2v) is 7.02. The summed E-state index contributed by atoms with van der Waals surface area (Å²) in [6.45, 7) is 11.0. The Kier molecular flexibility index (Phi) is 13.8. The van der Waals surface area contributed by atoms with Gasteiger partial charge in [-0.15, -0.1) is 0 Å².